The molecule has 51 heavy (non-hydrogen) atoms. The van der Waals surface area contributed by atoms with Crippen molar-refractivity contribution in [3.63, 3.8) is 0 Å². The molecule has 0 aliphatic rings. The van der Waals surface area contributed by atoms with Crippen LogP contribution >= 0.6 is 0 Å². The zero-order valence-corrected chi connectivity index (χ0v) is 28.7. The Morgan fingerprint density at radius 3 is 1.45 bits per heavy atom. The SMILES string of the molecule is COc1ccc(N(C)C(=O)[C@H](Cc2ccccc2)NC(=O)c2cc(C(=O)N[C@@H](Cc3ccccc3)C(=O)N(C)c3ccc(OC)cc3)on2)cc1. The minimum absolute atomic E-state index is 0.193. The molecule has 0 aliphatic heterocycles. The second-order valence-corrected chi connectivity index (χ2v) is 11.7. The van der Waals surface area contributed by atoms with Crippen LogP contribution < -0.4 is 29.9 Å². The Morgan fingerprint density at radius 2 is 1.04 bits per heavy atom. The summed E-state index contributed by atoms with van der Waals surface area (Å²) in [7, 11) is 6.34. The normalized spacial score (nSPS) is 11.8. The number of carbonyl (C=O) groups excluding carboxylic acids is 4. The van der Waals surface area contributed by atoms with Crippen LogP contribution in [0, 0.1) is 0 Å². The second kappa shape index (κ2) is 16.8. The molecule has 262 valence electrons. The topological polar surface area (TPSA) is 143 Å². The Labute approximate surface area is 295 Å². The van der Waals surface area contributed by atoms with Crippen molar-refractivity contribution in [2.45, 2.75) is 24.9 Å². The van der Waals surface area contributed by atoms with Crippen LogP contribution in [0.1, 0.15) is 32.2 Å². The molecule has 5 rings (SSSR count). The van der Waals surface area contributed by atoms with Gasteiger partial charge in [-0.2, -0.15) is 0 Å². The molecule has 0 bridgehead atoms. The Balaban J connectivity index is 1.32. The molecule has 1 aromatic heterocycles. The zero-order chi connectivity index (χ0) is 36.3. The third-order valence-electron chi connectivity index (χ3n) is 8.32. The first-order chi connectivity index (χ1) is 24.7. The Kier molecular flexibility index (Phi) is 11.8. The van der Waals surface area contributed by atoms with Gasteiger partial charge >= 0.3 is 0 Å². The molecule has 0 unspecified atom stereocenters. The number of amides is 4. The van der Waals surface area contributed by atoms with E-state index in [0.29, 0.717) is 22.9 Å². The highest BCUT2D eigenvalue weighted by Gasteiger charge is 2.30. The number of nitrogens with zero attached hydrogens (tertiary/aromatic N) is 3. The Hall–Kier alpha value is -6.43. The highest BCUT2D eigenvalue weighted by Crippen LogP contribution is 2.21. The molecule has 2 N–H and O–H groups in total. The van der Waals surface area contributed by atoms with Gasteiger partial charge in [0.2, 0.25) is 17.6 Å². The fourth-order valence-corrected chi connectivity index (χ4v) is 5.38. The van der Waals surface area contributed by atoms with Crippen LogP contribution in [0.5, 0.6) is 11.5 Å². The number of ether oxygens (including phenoxy) is 2. The van der Waals surface area contributed by atoms with E-state index >= 15 is 0 Å². The minimum atomic E-state index is -0.990. The van der Waals surface area contributed by atoms with Crippen LogP contribution in [0.15, 0.2) is 120 Å². The van der Waals surface area contributed by atoms with Crippen molar-refractivity contribution in [3.8, 4) is 11.5 Å². The summed E-state index contributed by atoms with van der Waals surface area (Å²) in [6.45, 7) is 0. The molecule has 12 heteroatoms. The highest BCUT2D eigenvalue weighted by atomic mass is 16.5. The van der Waals surface area contributed by atoms with E-state index in [9.17, 15) is 19.2 Å². The van der Waals surface area contributed by atoms with E-state index in [1.807, 2.05) is 60.7 Å². The third kappa shape index (κ3) is 9.18. The average Bonchev–Trinajstić information content (AvgIpc) is 3.68. The molecule has 0 saturated carbocycles. The van der Waals surface area contributed by atoms with Gasteiger partial charge in [-0.25, -0.2) is 0 Å². The summed E-state index contributed by atoms with van der Waals surface area (Å²) in [5.41, 5.74) is 2.65. The summed E-state index contributed by atoms with van der Waals surface area (Å²) in [5.74, 6) is -1.21. The van der Waals surface area contributed by atoms with E-state index < -0.39 is 23.9 Å². The summed E-state index contributed by atoms with van der Waals surface area (Å²) < 4.78 is 15.7. The van der Waals surface area contributed by atoms with E-state index in [1.165, 1.54) is 15.9 Å². The van der Waals surface area contributed by atoms with Gasteiger partial charge < -0.3 is 34.4 Å². The number of anilines is 2. The summed E-state index contributed by atoms with van der Waals surface area (Å²) in [5, 5.41) is 9.33. The van der Waals surface area contributed by atoms with Crippen LogP contribution in [-0.2, 0) is 22.4 Å². The van der Waals surface area contributed by atoms with Gasteiger partial charge in [0.1, 0.15) is 23.6 Å². The van der Waals surface area contributed by atoms with Crippen molar-refractivity contribution in [2.24, 2.45) is 0 Å². The van der Waals surface area contributed by atoms with Crippen molar-refractivity contribution in [3.05, 3.63) is 138 Å². The lowest BCUT2D eigenvalue weighted by molar-refractivity contribution is -0.120. The highest BCUT2D eigenvalue weighted by molar-refractivity contribution is 6.04. The van der Waals surface area contributed by atoms with Crippen LogP contribution in [0.3, 0.4) is 0 Å². The monoisotopic (exact) mass is 689 g/mol. The molecule has 0 aliphatic carbocycles. The summed E-state index contributed by atoms with van der Waals surface area (Å²) in [6.07, 6.45) is 0.389. The average molecular weight is 690 g/mol. The lowest BCUT2D eigenvalue weighted by atomic mass is 10.0. The number of methoxy groups -OCH3 is 2. The molecular weight excluding hydrogens is 650 g/mol. The van der Waals surface area contributed by atoms with Gasteiger partial charge in [0.05, 0.1) is 14.2 Å². The number of rotatable bonds is 14. The largest absolute Gasteiger partial charge is 0.497 e. The van der Waals surface area contributed by atoms with Crippen molar-refractivity contribution < 1.29 is 33.2 Å². The van der Waals surface area contributed by atoms with Crippen molar-refractivity contribution in [2.75, 3.05) is 38.1 Å². The van der Waals surface area contributed by atoms with Crippen LogP contribution in [-0.4, -0.2) is 69.2 Å². The molecule has 4 aromatic carbocycles. The lowest BCUT2D eigenvalue weighted by Gasteiger charge is -2.25. The number of nitrogens with one attached hydrogen (secondary N) is 2. The lowest BCUT2D eigenvalue weighted by Crippen LogP contribution is -2.49. The number of hydrogen-bond donors (Lipinski definition) is 2. The van der Waals surface area contributed by atoms with Gasteiger partial charge in [0.15, 0.2) is 5.69 Å². The van der Waals surface area contributed by atoms with Crippen molar-refractivity contribution >= 4 is 35.0 Å². The fraction of sp³-hybridized carbons (Fsp3) is 0.205. The first-order valence-corrected chi connectivity index (χ1v) is 16.2. The van der Waals surface area contributed by atoms with Gasteiger partial charge in [0.25, 0.3) is 11.8 Å². The molecule has 2 atom stereocenters. The Morgan fingerprint density at radius 1 is 0.627 bits per heavy atom. The van der Waals surface area contributed by atoms with Crippen LogP contribution in [0.2, 0.25) is 0 Å². The Bertz CT molecular complexity index is 1790. The van der Waals surface area contributed by atoms with Gasteiger partial charge in [0, 0.05) is 44.4 Å². The number of benzene rings is 4. The smallest absolute Gasteiger partial charge is 0.290 e. The number of aromatic nitrogens is 1. The second-order valence-electron chi connectivity index (χ2n) is 11.7. The predicted octanol–water partition coefficient (Wildman–Crippen LogP) is 4.70. The molecule has 0 saturated heterocycles. The maximum absolute atomic E-state index is 13.7. The summed E-state index contributed by atoms with van der Waals surface area (Å²) in [4.78, 5) is 57.3. The van der Waals surface area contributed by atoms with Gasteiger partial charge in [-0.15, -0.1) is 0 Å². The zero-order valence-electron chi connectivity index (χ0n) is 28.7. The fourth-order valence-electron chi connectivity index (χ4n) is 5.38. The quantitative estimate of drug-likeness (QED) is 0.171. The summed E-state index contributed by atoms with van der Waals surface area (Å²) in [6, 6.07) is 31.6. The maximum Gasteiger partial charge on any atom is 0.290 e. The maximum atomic E-state index is 13.7. The van der Waals surface area contributed by atoms with Gasteiger partial charge in [-0.3, -0.25) is 19.2 Å². The number of likely N-dealkylation sites (N-methyl/N-ethyl adjacent to an activating group) is 2. The van der Waals surface area contributed by atoms with E-state index in [2.05, 4.69) is 15.8 Å². The van der Waals surface area contributed by atoms with E-state index in [0.717, 1.165) is 11.1 Å². The van der Waals surface area contributed by atoms with Crippen molar-refractivity contribution in [1.29, 1.82) is 0 Å². The van der Waals surface area contributed by atoms with E-state index in [-0.39, 0.29) is 36.1 Å². The third-order valence-corrected chi connectivity index (χ3v) is 8.32. The molecule has 0 radical (unpaired) electrons. The number of hydrogen-bond acceptors (Lipinski definition) is 8. The first kappa shape index (κ1) is 35.9. The molecule has 1 heterocycles. The van der Waals surface area contributed by atoms with E-state index in [4.69, 9.17) is 14.0 Å². The molecule has 5 aromatic rings. The summed E-state index contributed by atoms with van der Waals surface area (Å²) >= 11 is 0. The van der Waals surface area contributed by atoms with Crippen LogP contribution in [0.4, 0.5) is 11.4 Å². The molecule has 12 nitrogen and oxygen atoms in total. The van der Waals surface area contributed by atoms with Gasteiger partial charge in [-0.1, -0.05) is 65.8 Å². The molecule has 4 amide bonds. The molecule has 0 fully saturated rings. The molecule has 0 spiro atoms. The minimum Gasteiger partial charge on any atom is -0.497 e. The number of carbonyl (C=O) groups is 4. The van der Waals surface area contributed by atoms with Gasteiger partial charge in [-0.05, 0) is 59.7 Å². The molecular formula is C39H39N5O7. The van der Waals surface area contributed by atoms with Crippen LogP contribution in [0.25, 0.3) is 0 Å². The van der Waals surface area contributed by atoms with E-state index in [1.54, 1.807) is 76.8 Å². The predicted molar refractivity (Wildman–Crippen MR) is 192 cm³/mol. The van der Waals surface area contributed by atoms with Crippen molar-refractivity contribution in [1.82, 2.24) is 15.8 Å². The standard InChI is InChI=1S/C39H39N5O7/c1-43(28-15-19-30(49-3)20-16-28)38(47)33(23-26-11-7-5-8-12-26)40-36(45)32-25-35(51-42-32)37(46)41-34(24-27-13-9-6-10-14-27)39(48)44(2)29-17-21-31(50-4)22-18-29/h5-22,25,33-34H,23-24H2,1-4H3,(H,40,45)(H,41,46)/t33-,34-/m0/s1. The first-order valence-electron chi connectivity index (χ1n) is 16.2.